The number of methoxy groups -OCH3 is 1. The molecular weight excluding hydrogens is 210 g/mol. The van der Waals surface area contributed by atoms with Gasteiger partial charge in [0.1, 0.15) is 5.75 Å². The van der Waals surface area contributed by atoms with Gasteiger partial charge in [0.2, 0.25) is 5.13 Å². The molecule has 2 rings (SSSR count). The van der Waals surface area contributed by atoms with E-state index in [0.717, 1.165) is 21.9 Å². The van der Waals surface area contributed by atoms with E-state index >= 15 is 0 Å². The van der Waals surface area contributed by atoms with Gasteiger partial charge in [-0.1, -0.05) is 23.5 Å². The first-order valence-electron chi connectivity index (χ1n) is 4.45. The van der Waals surface area contributed by atoms with Gasteiger partial charge in [0.05, 0.1) is 12.7 Å². The molecule has 0 saturated carbocycles. The molecule has 0 radical (unpaired) electrons. The molecule has 0 fully saturated rings. The Kier molecular flexibility index (Phi) is 2.55. The highest BCUT2D eigenvalue weighted by atomic mass is 32.1. The fourth-order valence-electron chi connectivity index (χ4n) is 1.44. The van der Waals surface area contributed by atoms with E-state index in [2.05, 4.69) is 10.2 Å². The van der Waals surface area contributed by atoms with Crippen molar-refractivity contribution in [3.05, 3.63) is 23.8 Å². The van der Waals surface area contributed by atoms with Crippen LogP contribution in [0.25, 0.3) is 10.6 Å². The van der Waals surface area contributed by atoms with Gasteiger partial charge in [0.25, 0.3) is 0 Å². The van der Waals surface area contributed by atoms with Crippen LogP contribution in [-0.4, -0.2) is 17.3 Å². The molecule has 0 atom stereocenters. The van der Waals surface area contributed by atoms with Crippen LogP contribution >= 0.6 is 11.3 Å². The van der Waals surface area contributed by atoms with Gasteiger partial charge in [-0.3, -0.25) is 0 Å². The van der Waals surface area contributed by atoms with Crippen molar-refractivity contribution in [2.75, 3.05) is 12.8 Å². The summed E-state index contributed by atoms with van der Waals surface area (Å²) in [5, 5.41) is 9.04. The van der Waals surface area contributed by atoms with Crippen LogP contribution in [0.5, 0.6) is 5.75 Å². The molecule has 0 saturated heterocycles. The molecule has 0 bridgehead atoms. The molecule has 5 heteroatoms. The number of hydrogen-bond donors (Lipinski definition) is 1. The Morgan fingerprint density at radius 1 is 1.33 bits per heavy atom. The van der Waals surface area contributed by atoms with E-state index in [-0.39, 0.29) is 0 Å². The van der Waals surface area contributed by atoms with Gasteiger partial charge < -0.3 is 10.5 Å². The molecule has 15 heavy (non-hydrogen) atoms. The minimum absolute atomic E-state index is 0.466. The van der Waals surface area contributed by atoms with Gasteiger partial charge in [0, 0.05) is 0 Å². The first-order valence-corrected chi connectivity index (χ1v) is 5.27. The van der Waals surface area contributed by atoms with Crippen molar-refractivity contribution in [1.29, 1.82) is 0 Å². The van der Waals surface area contributed by atoms with Crippen molar-refractivity contribution < 1.29 is 4.74 Å². The van der Waals surface area contributed by atoms with Crippen molar-refractivity contribution in [3.63, 3.8) is 0 Å². The van der Waals surface area contributed by atoms with Gasteiger partial charge in [-0.15, -0.1) is 10.2 Å². The molecule has 4 nitrogen and oxygen atoms in total. The van der Waals surface area contributed by atoms with Crippen LogP contribution in [0, 0.1) is 6.92 Å². The highest BCUT2D eigenvalue weighted by Gasteiger charge is 2.11. The summed E-state index contributed by atoms with van der Waals surface area (Å²) < 4.78 is 5.34. The van der Waals surface area contributed by atoms with Crippen LogP contribution in [0.3, 0.4) is 0 Å². The van der Waals surface area contributed by atoms with E-state index in [0.29, 0.717) is 5.13 Å². The van der Waals surface area contributed by atoms with Crippen LogP contribution in [0.1, 0.15) is 5.56 Å². The number of benzene rings is 1. The first-order chi connectivity index (χ1) is 7.22. The predicted octanol–water partition coefficient (Wildman–Crippen LogP) is 2.10. The lowest BCUT2D eigenvalue weighted by atomic mass is 10.1. The monoisotopic (exact) mass is 221 g/mol. The number of para-hydroxylation sites is 1. The van der Waals surface area contributed by atoms with Gasteiger partial charge in [-0.25, -0.2) is 0 Å². The third-order valence-corrected chi connectivity index (χ3v) is 2.87. The summed E-state index contributed by atoms with van der Waals surface area (Å²) >= 11 is 1.35. The maximum Gasteiger partial charge on any atom is 0.203 e. The molecular formula is C10H11N3OS. The Bertz CT molecular complexity index is 481. The normalized spacial score (nSPS) is 10.3. The van der Waals surface area contributed by atoms with Gasteiger partial charge in [-0.05, 0) is 18.6 Å². The van der Waals surface area contributed by atoms with E-state index in [4.69, 9.17) is 10.5 Å². The van der Waals surface area contributed by atoms with E-state index in [1.54, 1.807) is 7.11 Å². The maximum absolute atomic E-state index is 5.55. The number of nitrogens with zero attached hydrogens (tertiary/aromatic N) is 2. The molecule has 0 unspecified atom stereocenters. The second kappa shape index (κ2) is 3.86. The zero-order chi connectivity index (χ0) is 10.8. The maximum atomic E-state index is 5.55. The highest BCUT2D eigenvalue weighted by molar-refractivity contribution is 7.18. The van der Waals surface area contributed by atoms with E-state index in [1.807, 2.05) is 25.1 Å². The smallest absolute Gasteiger partial charge is 0.203 e. The molecule has 2 aromatic rings. The summed E-state index contributed by atoms with van der Waals surface area (Å²) in [4.78, 5) is 0. The van der Waals surface area contributed by atoms with E-state index in [1.165, 1.54) is 11.3 Å². The van der Waals surface area contributed by atoms with Crippen molar-refractivity contribution in [1.82, 2.24) is 10.2 Å². The molecule has 2 N–H and O–H groups in total. The summed E-state index contributed by atoms with van der Waals surface area (Å²) in [6, 6.07) is 5.91. The summed E-state index contributed by atoms with van der Waals surface area (Å²) in [5.41, 5.74) is 7.56. The van der Waals surface area contributed by atoms with E-state index in [9.17, 15) is 0 Å². The number of aromatic nitrogens is 2. The average Bonchev–Trinajstić information content (AvgIpc) is 2.64. The number of hydrogen-bond acceptors (Lipinski definition) is 5. The summed E-state index contributed by atoms with van der Waals surface area (Å²) in [6.45, 7) is 1.99. The van der Waals surface area contributed by atoms with Crippen molar-refractivity contribution >= 4 is 16.5 Å². The molecule has 0 aliphatic heterocycles. The highest BCUT2D eigenvalue weighted by Crippen LogP contribution is 2.34. The second-order valence-corrected chi connectivity index (χ2v) is 4.11. The zero-order valence-electron chi connectivity index (χ0n) is 8.52. The number of nitrogen functional groups attached to an aromatic ring is 1. The third kappa shape index (κ3) is 1.78. The SMILES string of the molecule is COc1c(C)cccc1-c1nnc(N)s1. The summed E-state index contributed by atoms with van der Waals surface area (Å²) in [6.07, 6.45) is 0. The molecule has 1 aromatic carbocycles. The number of anilines is 1. The second-order valence-electron chi connectivity index (χ2n) is 3.10. The first kappa shape index (κ1) is 9.92. The van der Waals surface area contributed by atoms with Crippen LogP contribution < -0.4 is 10.5 Å². The third-order valence-electron chi connectivity index (χ3n) is 2.09. The zero-order valence-corrected chi connectivity index (χ0v) is 9.34. The fraction of sp³-hybridized carbons (Fsp3) is 0.200. The van der Waals surface area contributed by atoms with Crippen molar-refractivity contribution in [3.8, 4) is 16.3 Å². The topological polar surface area (TPSA) is 61.0 Å². The van der Waals surface area contributed by atoms with Crippen LogP contribution in [0.15, 0.2) is 18.2 Å². The molecule has 78 valence electrons. The fourth-order valence-corrected chi connectivity index (χ4v) is 2.07. The van der Waals surface area contributed by atoms with Crippen LogP contribution in [0.2, 0.25) is 0 Å². The number of ether oxygens (including phenoxy) is 1. The lowest BCUT2D eigenvalue weighted by molar-refractivity contribution is 0.413. The molecule has 0 aliphatic rings. The summed E-state index contributed by atoms with van der Waals surface area (Å²) in [5.74, 6) is 0.827. The van der Waals surface area contributed by atoms with Gasteiger partial charge in [-0.2, -0.15) is 0 Å². The standard InChI is InChI=1S/C10H11N3OS/c1-6-4-3-5-7(8(6)14-2)9-12-13-10(11)15-9/h3-5H,1-2H3,(H2,11,13). The lowest BCUT2D eigenvalue weighted by Gasteiger charge is -2.07. The molecule has 0 amide bonds. The average molecular weight is 221 g/mol. The molecule has 1 aromatic heterocycles. The number of nitrogens with two attached hydrogens (primary N) is 1. The Hall–Kier alpha value is -1.62. The van der Waals surface area contributed by atoms with Crippen molar-refractivity contribution in [2.45, 2.75) is 6.92 Å². The largest absolute Gasteiger partial charge is 0.496 e. The predicted molar refractivity (Wildman–Crippen MR) is 61.0 cm³/mol. The lowest BCUT2D eigenvalue weighted by Crippen LogP contribution is -1.90. The van der Waals surface area contributed by atoms with Crippen LogP contribution in [0.4, 0.5) is 5.13 Å². The summed E-state index contributed by atoms with van der Waals surface area (Å²) in [7, 11) is 1.65. The number of aryl methyl sites for hydroxylation is 1. The Balaban J connectivity index is 2.57. The van der Waals surface area contributed by atoms with Crippen molar-refractivity contribution in [2.24, 2.45) is 0 Å². The minimum Gasteiger partial charge on any atom is -0.496 e. The molecule has 1 heterocycles. The Morgan fingerprint density at radius 3 is 2.73 bits per heavy atom. The van der Waals surface area contributed by atoms with Gasteiger partial charge >= 0.3 is 0 Å². The molecule has 0 spiro atoms. The van der Waals surface area contributed by atoms with E-state index < -0.39 is 0 Å². The Morgan fingerprint density at radius 2 is 2.13 bits per heavy atom. The number of rotatable bonds is 2. The Labute approximate surface area is 91.7 Å². The minimum atomic E-state index is 0.466. The molecule has 0 aliphatic carbocycles. The quantitative estimate of drug-likeness (QED) is 0.843. The van der Waals surface area contributed by atoms with Gasteiger partial charge in [0.15, 0.2) is 5.01 Å². The van der Waals surface area contributed by atoms with Crippen LogP contribution in [-0.2, 0) is 0 Å².